The van der Waals surface area contributed by atoms with E-state index in [-0.39, 0.29) is 11.8 Å². The lowest BCUT2D eigenvalue weighted by molar-refractivity contribution is -0.139. The van der Waals surface area contributed by atoms with Crippen LogP contribution in [0.3, 0.4) is 0 Å². The third-order valence-electron chi connectivity index (χ3n) is 5.10. The Morgan fingerprint density at radius 3 is 2.48 bits per heavy atom. The topological polar surface area (TPSA) is 43.9 Å². The lowest BCUT2D eigenvalue weighted by atomic mass is 10.1. The molecule has 1 fully saturated rings. The molecule has 1 atom stereocenters. The van der Waals surface area contributed by atoms with Crippen LogP contribution >= 0.6 is 0 Å². The maximum Gasteiger partial charge on any atom is 0.236 e. The number of nitrogens with zero attached hydrogens (tertiary/aromatic N) is 3. The second kappa shape index (κ2) is 6.71. The van der Waals surface area contributed by atoms with Gasteiger partial charge in [0, 0.05) is 39.1 Å². The third-order valence-corrected chi connectivity index (χ3v) is 5.10. The van der Waals surface area contributed by atoms with Gasteiger partial charge in [-0.05, 0) is 31.0 Å². The molecule has 1 aromatic rings. The Balaban J connectivity index is 1.56. The van der Waals surface area contributed by atoms with Crippen LogP contribution in [-0.4, -0.2) is 66.3 Å². The van der Waals surface area contributed by atoms with E-state index < -0.39 is 0 Å². The number of piperazine rings is 1. The van der Waals surface area contributed by atoms with Crippen molar-refractivity contribution in [3.05, 3.63) is 35.4 Å². The van der Waals surface area contributed by atoms with E-state index in [4.69, 9.17) is 0 Å². The second-order valence-corrected chi connectivity index (χ2v) is 6.56. The van der Waals surface area contributed by atoms with Crippen LogP contribution in [0.1, 0.15) is 30.5 Å². The molecule has 0 N–H and O–H groups in total. The number of amides is 2. The van der Waals surface area contributed by atoms with Gasteiger partial charge in [0.15, 0.2) is 0 Å². The first-order chi connectivity index (χ1) is 11.1. The number of benzene rings is 1. The average Bonchev–Trinajstić information content (AvgIpc) is 2.99. The van der Waals surface area contributed by atoms with Crippen LogP contribution < -0.4 is 0 Å². The van der Waals surface area contributed by atoms with Gasteiger partial charge in [0.1, 0.15) is 0 Å². The van der Waals surface area contributed by atoms with Crippen molar-refractivity contribution in [2.24, 2.45) is 0 Å². The van der Waals surface area contributed by atoms with Crippen LogP contribution in [-0.2, 0) is 16.0 Å². The monoisotopic (exact) mass is 315 g/mol. The molecule has 1 heterocycles. The fourth-order valence-corrected chi connectivity index (χ4v) is 3.69. The van der Waals surface area contributed by atoms with E-state index in [0.29, 0.717) is 38.8 Å². The fraction of sp³-hybridized carbons (Fsp3) is 0.556. The standard InChI is InChI=1S/C18H25N3O2/c1-14(22)20-9-11-21(12-10-20)18(23)13-19(2)17-8-7-15-5-3-4-6-16(15)17/h3-6,17H,7-13H2,1-2H3. The Kier molecular flexibility index (Phi) is 4.66. The van der Waals surface area contributed by atoms with Gasteiger partial charge in [0.05, 0.1) is 6.54 Å². The first kappa shape index (κ1) is 16.0. The Labute approximate surface area is 137 Å². The highest BCUT2D eigenvalue weighted by Gasteiger charge is 2.28. The molecule has 1 unspecified atom stereocenters. The normalized spacial score (nSPS) is 20.7. The lowest BCUT2D eigenvalue weighted by Crippen LogP contribution is -2.52. The molecule has 0 aromatic heterocycles. The molecule has 23 heavy (non-hydrogen) atoms. The van der Waals surface area contributed by atoms with Crippen molar-refractivity contribution < 1.29 is 9.59 Å². The summed E-state index contributed by atoms with van der Waals surface area (Å²) in [5.74, 6) is 0.261. The molecule has 2 aliphatic rings. The lowest BCUT2D eigenvalue weighted by Gasteiger charge is -2.35. The molecular weight excluding hydrogens is 290 g/mol. The highest BCUT2D eigenvalue weighted by molar-refractivity contribution is 5.79. The molecule has 1 saturated heterocycles. The van der Waals surface area contributed by atoms with Crippen molar-refractivity contribution in [1.29, 1.82) is 0 Å². The van der Waals surface area contributed by atoms with Crippen molar-refractivity contribution in [3.8, 4) is 0 Å². The first-order valence-corrected chi connectivity index (χ1v) is 8.37. The molecule has 0 radical (unpaired) electrons. The summed E-state index contributed by atoms with van der Waals surface area (Å²) < 4.78 is 0. The van der Waals surface area contributed by atoms with Crippen molar-refractivity contribution >= 4 is 11.8 Å². The molecule has 5 nitrogen and oxygen atoms in total. The molecule has 0 spiro atoms. The summed E-state index contributed by atoms with van der Waals surface area (Å²) in [5, 5.41) is 0. The molecule has 3 rings (SSSR count). The third kappa shape index (κ3) is 3.39. The van der Waals surface area contributed by atoms with Crippen LogP contribution in [0.4, 0.5) is 0 Å². The van der Waals surface area contributed by atoms with Gasteiger partial charge < -0.3 is 9.80 Å². The van der Waals surface area contributed by atoms with Gasteiger partial charge in [-0.2, -0.15) is 0 Å². The van der Waals surface area contributed by atoms with Crippen LogP contribution in [0.5, 0.6) is 0 Å². The van der Waals surface area contributed by atoms with E-state index >= 15 is 0 Å². The van der Waals surface area contributed by atoms with Crippen LogP contribution in [0, 0.1) is 0 Å². The van der Waals surface area contributed by atoms with Crippen molar-refractivity contribution in [3.63, 3.8) is 0 Å². The maximum atomic E-state index is 12.5. The minimum Gasteiger partial charge on any atom is -0.339 e. The molecule has 1 aliphatic carbocycles. The highest BCUT2D eigenvalue weighted by atomic mass is 16.2. The van der Waals surface area contributed by atoms with Gasteiger partial charge in [-0.3, -0.25) is 14.5 Å². The minimum absolute atomic E-state index is 0.0942. The Morgan fingerprint density at radius 2 is 1.78 bits per heavy atom. The minimum atomic E-state index is 0.0942. The Morgan fingerprint density at radius 1 is 1.13 bits per heavy atom. The van der Waals surface area contributed by atoms with Gasteiger partial charge in [0.25, 0.3) is 0 Å². The van der Waals surface area contributed by atoms with E-state index in [2.05, 4.69) is 29.2 Å². The SMILES string of the molecule is CC(=O)N1CCN(C(=O)CN(C)C2CCc3ccccc32)CC1. The Hall–Kier alpha value is -1.88. The van der Waals surface area contributed by atoms with Gasteiger partial charge in [-0.25, -0.2) is 0 Å². The highest BCUT2D eigenvalue weighted by Crippen LogP contribution is 2.34. The van der Waals surface area contributed by atoms with Gasteiger partial charge >= 0.3 is 0 Å². The maximum absolute atomic E-state index is 12.5. The quantitative estimate of drug-likeness (QED) is 0.844. The van der Waals surface area contributed by atoms with Gasteiger partial charge in [0.2, 0.25) is 11.8 Å². The fourth-order valence-electron chi connectivity index (χ4n) is 3.69. The van der Waals surface area contributed by atoms with Crippen LogP contribution in [0.25, 0.3) is 0 Å². The largest absolute Gasteiger partial charge is 0.339 e. The molecule has 5 heteroatoms. The number of carbonyl (C=O) groups is 2. The van der Waals surface area contributed by atoms with E-state index in [0.717, 1.165) is 12.8 Å². The van der Waals surface area contributed by atoms with Gasteiger partial charge in [-0.15, -0.1) is 0 Å². The summed E-state index contributed by atoms with van der Waals surface area (Å²) in [4.78, 5) is 29.8. The van der Waals surface area contributed by atoms with Crippen molar-refractivity contribution in [2.75, 3.05) is 39.8 Å². The summed E-state index contributed by atoms with van der Waals surface area (Å²) in [6, 6.07) is 8.87. The summed E-state index contributed by atoms with van der Waals surface area (Å²) in [6.45, 7) is 4.62. The predicted octanol–water partition coefficient (Wildman–Crippen LogP) is 1.30. The second-order valence-electron chi connectivity index (χ2n) is 6.56. The predicted molar refractivity (Wildman–Crippen MR) is 89.0 cm³/mol. The number of hydrogen-bond acceptors (Lipinski definition) is 3. The molecular formula is C18H25N3O2. The van der Waals surface area contributed by atoms with Crippen LogP contribution in [0.15, 0.2) is 24.3 Å². The number of rotatable bonds is 3. The summed E-state index contributed by atoms with van der Waals surface area (Å²) >= 11 is 0. The van der Waals surface area contributed by atoms with E-state index in [1.165, 1.54) is 11.1 Å². The van der Waals surface area contributed by atoms with Gasteiger partial charge in [-0.1, -0.05) is 24.3 Å². The smallest absolute Gasteiger partial charge is 0.236 e. The molecule has 0 bridgehead atoms. The molecule has 2 amide bonds. The summed E-state index contributed by atoms with van der Waals surface area (Å²) in [7, 11) is 2.04. The van der Waals surface area contributed by atoms with E-state index in [1.54, 1.807) is 11.8 Å². The summed E-state index contributed by atoms with van der Waals surface area (Å²) in [6.07, 6.45) is 2.18. The molecule has 124 valence electrons. The molecule has 0 saturated carbocycles. The zero-order chi connectivity index (χ0) is 16.4. The zero-order valence-electron chi connectivity index (χ0n) is 14.0. The molecule has 1 aromatic carbocycles. The summed E-state index contributed by atoms with van der Waals surface area (Å²) in [5.41, 5.74) is 2.77. The number of carbonyl (C=O) groups excluding carboxylic acids is 2. The molecule has 1 aliphatic heterocycles. The first-order valence-electron chi connectivity index (χ1n) is 8.37. The number of hydrogen-bond donors (Lipinski definition) is 0. The number of likely N-dealkylation sites (N-methyl/N-ethyl adjacent to an activating group) is 1. The number of fused-ring (bicyclic) bond motifs is 1. The van der Waals surface area contributed by atoms with E-state index in [1.807, 2.05) is 11.9 Å². The van der Waals surface area contributed by atoms with Crippen LogP contribution in [0.2, 0.25) is 0 Å². The Bertz CT molecular complexity index is 594. The van der Waals surface area contributed by atoms with Crippen molar-refractivity contribution in [2.45, 2.75) is 25.8 Å². The number of aryl methyl sites for hydroxylation is 1. The van der Waals surface area contributed by atoms with E-state index in [9.17, 15) is 9.59 Å². The zero-order valence-corrected chi connectivity index (χ0v) is 14.0. The average molecular weight is 315 g/mol. The van der Waals surface area contributed by atoms with Crippen molar-refractivity contribution in [1.82, 2.24) is 14.7 Å².